The molecule has 2 heteroatoms. The van der Waals surface area contributed by atoms with Crippen molar-refractivity contribution in [2.45, 2.75) is 57.4 Å². The summed E-state index contributed by atoms with van der Waals surface area (Å²) in [6.07, 6.45) is 9.56. The predicted octanol–water partition coefficient (Wildman–Crippen LogP) is 5.62. The Morgan fingerprint density at radius 2 is 1.70 bits per heavy atom. The topological polar surface area (TPSA) is 16.1 Å². The molecule has 138 valence electrons. The monoisotopic (exact) mass is 356 g/mol. The molecule has 2 nitrogen and oxygen atoms in total. The quantitative estimate of drug-likeness (QED) is 0.659. The number of fused-ring (bicyclic) bond motifs is 6. The maximum absolute atomic E-state index is 4.97. The molecule has 1 aromatic heterocycles. The van der Waals surface area contributed by atoms with E-state index in [9.17, 15) is 0 Å². The van der Waals surface area contributed by atoms with Crippen molar-refractivity contribution in [3.05, 3.63) is 53.7 Å². The van der Waals surface area contributed by atoms with E-state index >= 15 is 0 Å². The highest BCUT2D eigenvalue weighted by atomic mass is 15.3. The number of hydrogen-bond donors (Lipinski definition) is 0. The largest absolute Gasteiger partial charge is 0.322 e. The molecule has 2 heterocycles. The van der Waals surface area contributed by atoms with E-state index in [1.165, 1.54) is 49.2 Å². The van der Waals surface area contributed by atoms with Gasteiger partial charge < -0.3 is 4.90 Å². The van der Waals surface area contributed by atoms with Gasteiger partial charge in [-0.05, 0) is 92.7 Å². The van der Waals surface area contributed by atoms with Crippen molar-refractivity contribution in [2.24, 2.45) is 29.1 Å². The summed E-state index contributed by atoms with van der Waals surface area (Å²) in [6, 6.07) is 14.0. The Morgan fingerprint density at radius 3 is 2.44 bits per heavy atom. The van der Waals surface area contributed by atoms with Crippen molar-refractivity contribution in [2.75, 3.05) is 4.90 Å². The fraction of sp³-hybridized carbons (Fsp3) is 0.560. The lowest BCUT2D eigenvalue weighted by molar-refractivity contribution is -0.113. The summed E-state index contributed by atoms with van der Waals surface area (Å²) in [4.78, 5) is 7.58. The van der Waals surface area contributed by atoms with Crippen LogP contribution in [0.5, 0.6) is 0 Å². The first kappa shape index (κ1) is 15.1. The lowest BCUT2D eigenvalue weighted by Gasteiger charge is -2.65. The molecule has 5 atom stereocenters. The summed E-state index contributed by atoms with van der Waals surface area (Å²) < 4.78 is 0. The summed E-state index contributed by atoms with van der Waals surface area (Å²) in [6.45, 7) is 4.77. The summed E-state index contributed by atoms with van der Waals surface area (Å²) in [7, 11) is 0. The Bertz CT molecular complexity index is 938. The van der Waals surface area contributed by atoms with Gasteiger partial charge in [-0.3, -0.25) is 0 Å². The highest BCUT2D eigenvalue weighted by Crippen LogP contribution is 2.84. The average Bonchev–Trinajstić information content (AvgIpc) is 3.17. The van der Waals surface area contributed by atoms with Gasteiger partial charge in [0.1, 0.15) is 5.82 Å². The van der Waals surface area contributed by atoms with Gasteiger partial charge in [0, 0.05) is 28.9 Å². The molecule has 0 amide bonds. The molecule has 4 aliphatic carbocycles. The molecule has 0 radical (unpaired) electrons. The molecular formula is C25H28N2. The van der Waals surface area contributed by atoms with E-state index in [-0.39, 0.29) is 0 Å². The SMILES string of the molecule is Cc1ccccc1N1c2ncccc2C2(C1C)C1CC3CC4CC2C1(C3)C4. The predicted molar refractivity (Wildman–Crippen MR) is 108 cm³/mol. The first-order valence-corrected chi connectivity index (χ1v) is 11.0. The van der Waals surface area contributed by atoms with E-state index in [1.807, 2.05) is 6.20 Å². The van der Waals surface area contributed by atoms with Crippen LogP contribution in [0, 0.1) is 36.0 Å². The smallest absolute Gasteiger partial charge is 0.137 e. The summed E-state index contributed by atoms with van der Waals surface area (Å²) in [5.41, 5.74) is 5.34. The fourth-order valence-corrected chi connectivity index (χ4v) is 9.25. The number of anilines is 2. The van der Waals surface area contributed by atoms with Gasteiger partial charge in [0.25, 0.3) is 0 Å². The molecule has 2 aromatic rings. The van der Waals surface area contributed by atoms with E-state index in [1.54, 1.807) is 5.56 Å². The molecule has 3 bridgehead atoms. The van der Waals surface area contributed by atoms with Gasteiger partial charge in [0.15, 0.2) is 0 Å². The Morgan fingerprint density at radius 1 is 0.963 bits per heavy atom. The van der Waals surface area contributed by atoms with Crippen LogP contribution in [-0.4, -0.2) is 11.0 Å². The number of aryl methyl sites for hydroxylation is 1. The zero-order valence-electron chi connectivity index (χ0n) is 16.4. The van der Waals surface area contributed by atoms with Crippen LogP contribution in [0.2, 0.25) is 0 Å². The Labute approximate surface area is 162 Å². The third-order valence-corrected chi connectivity index (χ3v) is 9.62. The standard InChI is InChI=1S/C25H28N2/c1-15-6-3-4-8-20(15)27-16(2)25(19-7-5-9-26-23(19)27)21-11-17-10-18-12-22(25)24(21,13-17)14-18/h3-9,16-18,21-22H,10-14H2,1-2H3. The van der Waals surface area contributed by atoms with Crippen LogP contribution < -0.4 is 4.90 Å². The Kier molecular flexibility index (Phi) is 2.57. The third kappa shape index (κ3) is 1.46. The maximum Gasteiger partial charge on any atom is 0.137 e. The molecule has 0 saturated heterocycles. The minimum Gasteiger partial charge on any atom is -0.322 e. The number of pyridine rings is 1. The third-order valence-electron chi connectivity index (χ3n) is 9.62. The number of nitrogens with zero attached hydrogens (tertiary/aromatic N) is 2. The zero-order chi connectivity index (χ0) is 18.0. The second kappa shape index (κ2) is 4.59. The highest BCUT2D eigenvalue weighted by molar-refractivity contribution is 5.74. The van der Waals surface area contributed by atoms with Gasteiger partial charge in [-0.1, -0.05) is 24.3 Å². The minimum atomic E-state index is 0.343. The molecule has 2 spiro atoms. The normalized spacial score (nSPS) is 45.3. The van der Waals surface area contributed by atoms with Gasteiger partial charge >= 0.3 is 0 Å². The number of rotatable bonds is 1. The van der Waals surface area contributed by atoms with Crippen molar-refractivity contribution in [1.82, 2.24) is 4.98 Å². The van der Waals surface area contributed by atoms with Crippen LogP contribution >= 0.6 is 0 Å². The number of para-hydroxylation sites is 1. The van der Waals surface area contributed by atoms with E-state index in [0.717, 1.165) is 23.7 Å². The van der Waals surface area contributed by atoms with Gasteiger partial charge in [-0.25, -0.2) is 4.98 Å². The first-order chi connectivity index (χ1) is 13.2. The number of hydrogen-bond acceptors (Lipinski definition) is 2. The second-order valence-corrected chi connectivity index (χ2v) is 10.3. The summed E-state index contributed by atoms with van der Waals surface area (Å²) in [5.74, 6) is 5.05. The van der Waals surface area contributed by atoms with Crippen LogP contribution in [0.25, 0.3) is 0 Å². The Hall–Kier alpha value is -1.83. The van der Waals surface area contributed by atoms with Crippen molar-refractivity contribution in [3.63, 3.8) is 0 Å². The van der Waals surface area contributed by atoms with Crippen LogP contribution in [0.3, 0.4) is 0 Å². The van der Waals surface area contributed by atoms with Crippen molar-refractivity contribution in [1.29, 1.82) is 0 Å². The highest BCUT2D eigenvalue weighted by Gasteiger charge is 2.81. The van der Waals surface area contributed by atoms with Crippen molar-refractivity contribution in [3.8, 4) is 0 Å². The molecule has 1 aromatic carbocycles. The van der Waals surface area contributed by atoms with Crippen molar-refractivity contribution >= 4 is 11.5 Å². The van der Waals surface area contributed by atoms with Gasteiger partial charge in [0.2, 0.25) is 0 Å². The van der Waals surface area contributed by atoms with Crippen LogP contribution in [0.4, 0.5) is 11.5 Å². The molecule has 4 saturated carbocycles. The fourth-order valence-electron chi connectivity index (χ4n) is 9.25. The van der Waals surface area contributed by atoms with Gasteiger partial charge in [0.05, 0.1) is 0 Å². The van der Waals surface area contributed by atoms with E-state index in [4.69, 9.17) is 4.98 Å². The molecule has 5 unspecified atom stereocenters. The molecular weight excluding hydrogens is 328 g/mol. The van der Waals surface area contributed by atoms with E-state index < -0.39 is 0 Å². The minimum absolute atomic E-state index is 0.343. The molecule has 5 aliphatic rings. The molecule has 0 N–H and O–H groups in total. The number of aromatic nitrogens is 1. The lowest BCUT2D eigenvalue weighted by Crippen LogP contribution is -2.67. The van der Waals surface area contributed by atoms with E-state index in [0.29, 0.717) is 16.9 Å². The lowest BCUT2D eigenvalue weighted by atomic mass is 9.38. The van der Waals surface area contributed by atoms with Gasteiger partial charge in [-0.15, -0.1) is 0 Å². The van der Waals surface area contributed by atoms with Crippen LogP contribution in [0.1, 0.15) is 50.2 Å². The molecule has 7 rings (SSSR count). The first-order valence-electron chi connectivity index (χ1n) is 11.0. The van der Waals surface area contributed by atoms with Gasteiger partial charge in [-0.2, -0.15) is 0 Å². The van der Waals surface area contributed by atoms with Crippen LogP contribution in [0.15, 0.2) is 42.6 Å². The summed E-state index contributed by atoms with van der Waals surface area (Å²) in [5, 5.41) is 0. The maximum atomic E-state index is 4.97. The zero-order valence-corrected chi connectivity index (χ0v) is 16.4. The molecule has 4 fully saturated rings. The average molecular weight is 357 g/mol. The number of benzene rings is 1. The summed E-state index contributed by atoms with van der Waals surface area (Å²) >= 11 is 0. The van der Waals surface area contributed by atoms with Crippen molar-refractivity contribution < 1.29 is 0 Å². The molecule has 1 aliphatic heterocycles. The van der Waals surface area contributed by atoms with E-state index in [2.05, 4.69) is 55.1 Å². The second-order valence-electron chi connectivity index (χ2n) is 10.3. The van der Waals surface area contributed by atoms with Crippen LogP contribution in [-0.2, 0) is 5.41 Å². The Balaban J connectivity index is 1.46. The molecule has 27 heavy (non-hydrogen) atoms.